The molecule has 0 unspecified atom stereocenters. The molecule has 0 aromatic heterocycles. The van der Waals surface area contributed by atoms with Crippen molar-refractivity contribution < 1.29 is 13.2 Å². The van der Waals surface area contributed by atoms with E-state index in [2.05, 4.69) is 5.32 Å². The maximum atomic E-state index is 11.9. The van der Waals surface area contributed by atoms with Gasteiger partial charge in [0, 0.05) is 6.54 Å². The van der Waals surface area contributed by atoms with Gasteiger partial charge in [0.15, 0.2) is 9.84 Å². The highest BCUT2D eigenvalue weighted by Crippen LogP contribution is 2.31. The molecule has 1 aliphatic carbocycles. The van der Waals surface area contributed by atoms with E-state index in [1.54, 1.807) is 30.3 Å². The van der Waals surface area contributed by atoms with Crippen molar-refractivity contribution in [2.45, 2.75) is 29.7 Å². The Hall–Kier alpha value is -1.11. The van der Waals surface area contributed by atoms with Gasteiger partial charge >= 0.3 is 0 Å². The number of carbonyl (C=O) groups is 1. The van der Waals surface area contributed by atoms with Gasteiger partial charge < -0.3 is 11.1 Å². The van der Waals surface area contributed by atoms with Gasteiger partial charge in [-0.3, -0.25) is 4.79 Å². The van der Waals surface area contributed by atoms with Crippen LogP contribution in [0.2, 0.25) is 0 Å². The van der Waals surface area contributed by atoms with E-state index in [1.807, 2.05) is 0 Å². The molecular weight excluding hydrogens is 300 g/mol. The highest BCUT2D eigenvalue weighted by Gasteiger charge is 2.45. The van der Waals surface area contributed by atoms with Gasteiger partial charge in [-0.1, -0.05) is 18.2 Å². The first kappa shape index (κ1) is 16.9. The molecule has 112 valence electrons. The Morgan fingerprint density at radius 3 is 2.40 bits per heavy atom. The van der Waals surface area contributed by atoms with Crippen molar-refractivity contribution in [2.24, 2.45) is 5.73 Å². The van der Waals surface area contributed by atoms with Crippen LogP contribution in [0.25, 0.3) is 0 Å². The van der Waals surface area contributed by atoms with Gasteiger partial charge in [0.25, 0.3) is 0 Å². The fourth-order valence-electron chi connectivity index (χ4n) is 1.75. The number of halogens is 1. The van der Waals surface area contributed by atoms with E-state index in [1.165, 1.54) is 0 Å². The quantitative estimate of drug-likeness (QED) is 0.762. The SMILES string of the molecule is Cl.NC1(C(=O)NCCCS(=O)(=O)c2ccccc2)CC1. The number of carbonyl (C=O) groups excluding carboxylic acids is 1. The predicted molar refractivity (Wildman–Crippen MR) is 79.5 cm³/mol. The normalized spacial score (nSPS) is 16.1. The van der Waals surface area contributed by atoms with Crippen LogP contribution in [0.5, 0.6) is 0 Å². The van der Waals surface area contributed by atoms with Crippen LogP contribution >= 0.6 is 12.4 Å². The highest BCUT2D eigenvalue weighted by molar-refractivity contribution is 7.91. The fourth-order valence-corrected chi connectivity index (χ4v) is 3.08. The summed E-state index contributed by atoms with van der Waals surface area (Å²) >= 11 is 0. The van der Waals surface area contributed by atoms with Crippen LogP contribution in [-0.4, -0.2) is 32.2 Å². The van der Waals surface area contributed by atoms with Crippen LogP contribution in [0.15, 0.2) is 35.2 Å². The van der Waals surface area contributed by atoms with Crippen molar-refractivity contribution in [1.82, 2.24) is 5.32 Å². The largest absolute Gasteiger partial charge is 0.354 e. The zero-order valence-corrected chi connectivity index (χ0v) is 12.7. The summed E-state index contributed by atoms with van der Waals surface area (Å²) in [7, 11) is -3.26. The summed E-state index contributed by atoms with van der Waals surface area (Å²) in [4.78, 5) is 11.9. The van der Waals surface area contributed by atoms with Crippen LogP contribution in [0.4, 0.5) is 0 Å². The Kier molecular flexibility index (Phi) is 5.56. The molecular formula is C13H19ClN2O3S. The lowest BCUT2D eigenvalue weighted by molar-refractivity contribution is -0.123. The molecule has 0 bridgehead atoms. The molecule has 1 saturated carbocycles. The maximum absolute atomic E-state index is 11.9. The number of amides is 1. The summed E-state index contributed by atoms with van der Waals surface area (Å²) in [6, 6.07) is 8.31. The molecule has 0 aliphatic heterocycles. The van der Waals surface area contributed by atoms with E-state index in [9.17, 15) is 13.2 Å². The molecule has 3 N–H and O–H groups in total. The van der Waals surface area contributed by atoms with Crippen molar-refractivity contribution in [3.63, 3.8) is 0 Å². The molecule has 5 nitrogen and oxygen atoms in total. The number of nitrogens with two attached hydrogens (primary N) is 1. The summed E-state index contributed by atoms with van der Waals surface area (Å²) in [6.07, 6.45) is 1.81. The molecule has 1 amide bonds. The van der Waals surface area contributed by atoms with Gasteiger partial charge in [0.1, 0.15) is 0 Å². The second-order valence-electron chi connectivity index (χ2n) is 4.90. The summed E-state index contributed by atoms with van der Waals surface area (Å²) in [5.74, 6) is -0.154. The fraction of sp³-hybridized carbons (Fsp3) is 0.462. The van der Waals surface area contributed by atoms with E-state index in [4.69, 9.17) is 5.73 Å². The van der Waals surface area contributed by atoms with Gasteiger partial charge in [-0.2, -0.15) is 0 Å². The van der Waals surface area contributed by atoms with E-state index in [0.29, 0.717) is 30.7 Å². The van der Waals surface area contributed by atoms with Crippen LogP contribution in [0, 0.1) is 0 Å². The Balaban J connectivity index is 0.00000200. The molecule has 1 fully saturated rings. The highest BCUT2D eigenvalue weighted by atomic mass is 35.5. The molecule has 7 heteroatoms. The first-order valence-corrected chi connectivity index (χ1v) is 7.94. The third-order valence-electron chi connectivity index (χ3n) is 3.22. The Bertz CT molecular complexity index is 556. The zero-order valence-electron chi connectivity index (χ0n) is 11.0. The van der Waals surface area contributed by atoms with Gasteiger partial charge in [-0.25, -0.2) is 8.42 Å². The minimum absolute atomic E-state index is 0. The van der Waals surface area contributed by atoms with Gasteiger partial charge in [-0.15, -0.1) is 12.4 Å². The number of nitrogens with one attached hydrogen (secondary N) is 1. The van der Waals surface area contributed by atoms with Crippen molar-refractivity contribution in [3.8, 4) is 0 Å². The van der Waals surface area contributed by atoms with E-state index in [0.717, 1.165) is 0 Å². The molecule has 20 heavy (non-hydrogen) atoms. The molecule has 1 aliphatic rings. The van der Waals surface area contributed by atoms with E-state index in [-0.39, 0.29) is 24.1 Å². The van der Waals surface area contributed by atoms with Gasteiger partial charge in [-0.05, 0) is 31.4 Å². The Morgan fingerprint density at radius 1 is 1.25 bits per heavy atom. The molecule has 0 atom stereocenters. The predicted octanol–water partition coefficient (Wildman–Crippen LogP) is 0.880. The maximum Gasteiger partial charge on any atom is 0.240 e. The number of hydrogen-bond donors (Lipinski definition) is 2. The van der Waals surface area contributed by atoms with Crippen molar-refractivity contribution in [1.29, 1.82) is 0 Å². The summed E-state index contributed by atoms with van der Waals surface area (Å²) in [6.45, 7) is 0.337. The van der Waals surface area contributed by atoms with E-state index < -0.39 is 15.4 Å². The average Bonchev–Trinajstić information content (AvgIpc) is 3.15. The van der Waals surface area contributed by atoms with Gasteiger partial charge in [0.2, 0.25) is 5.91 Å². The van der Waals surface area contributed by atoms with E-state index >= 15 is 0 Å². The molecule has 2 rings (SSSR count). The summed E-state index contributed by atoms with van der Waals surface area (Å²) < 4.78 is 23.9. The summed E-state index contributed by atoms with van der Waals surface area (Å²) in [5, 5.41) is 2.68. The van der Waals surface area contributed by atoms with Crippen molar-refractivity contribution >= 4 is 28.2 Å². The Labute approximate surface area is 125 Å². The Morgan fingerprint density at radius 2 is 1.85 bits per heavy atom. The number of hydrogen-bond acceptors (Lipinski definition) is 4. The molecule has 1 aromatic carbocycles. The lowest BCUT2D eigenvalue weighted by Crippen LogP contribution is -2.43. The number of sulfone groups is 1. The number of benzene rings is 1. The van der Waals surface area contributed by atoms with Crippen LogP contribution in [0.3, 0.4) is 0 Å². The molecule has 0 spiro atoms. The topological polar surface area (TPSA) is 89.3 Å². The monoisotopic (exact) mass is 318 g/mol. The van der Waals surface area contributed by atoms with Crippen LogP contribution in [0.1, 0.15) is 19.3 Å². The lowest BCUT2D eigenvalue weighted by atomic mass is 10.3. The van der Waals surface area contributed by atoms with Crippen LogP contribution in [-0.2, 0) is 14.6 Å². The smallest absolute Gasteiger partial charge is 0.240 e. The molecule has 0 saturated heterocycles. The first-order valence-electron chi connectivity index (χ1n) is 6.29. The first-order chi connectivity index (χ1) is 8.94. The second kappa shape index (κ2) is 6.56. The number of rotatable bonds is 6. The summed E-state index contributed by atoms with van der Waals surface area (Å²) in [5.41, 5.74) is 5.02. The van der Waals surface area contributed by atoms with Crippen molar-refractivity contribution in [3.05, 3.63) is 30.3 Å². The zero-order chi connectivity index (χ0) is 13.9. The standard InChI is InChI=1S/C13H18N2O3S.ClH/c14-13(7-8-13)12(16)15-9-4-10-19(17,18)11-5-2-1-3-6-11;/h1-3,5-6H,4,7-10,14H2,(H,15,16);1H. The van der Waals surface area contributed by atoms with Crippen LogP contribution < -0.4 is 11.1 Å². The van der Waals surface area contributed by atoms with Crippen molar-refractivity contribution in [2.75, 3.05) is 12.3 Å². The minimum atomic E-state index is -3.26. The third kappa shape index (κ3) is 4.19. The average molecular weight is 319 g/mol. The van der Waals surface area contributed by atoms with Gasteiger partial charge in [0.05, 0.1) is 16.2 Å². The molecule has 0 radical (unpaired) electrons. The minimum Gasteiger partial charge on any atom is -0.354 e. The second-order valence-corrected chi connectivity index (χ2v) is 7.01. The third-order valence-corrected chi connectivity index (χ3v) is 5.04. The molecule has 0 heterocycles. The molecule has 1 aromatic rings. The lowest BCUT2D eigenvalue weighted by Gasteiger charge is -2.10.